The van der Waals surface area contributed by atoms with Crippen LogP contribution in [0.1, 0.15) is 5.76 Å². The molecule has 0 aliphatic rings. The summed E-state index contributed by atoms with van der Waals surface area (Å²) < 4.78 is 11.9. The number of nitrogens with one attached hydrogen (secondary N) is 1. The fourth-order valence-electron chi connectivity index (χ4n) is 2.15. The molecule has 2 aromatic heterocycles. The average Bonchev–Trinajstić information content (AvgIpc) is 3.11. The molecule has 2 heterocycles. The molecule has 0 unspecified atom stereocenters. The van der Waals surface area contributed by atoms with Crippen molar-refractivity contribution in [1.82, 2.24) is 10.4 Å². The molecule has 0 saturated carbocycles. The van der Waals surface area contributed by atoms with Crippen LogP contribution in [0.5, 0.6) is 5.75 Å². The number of halogens is 2. The molecule has 0 spiro atoms. The lowest BCUT2D eigenvalue weighted by molar-refractivity contribution is -0.402. The van der Waals surface area contributed by atoms with E-state index in [4.69, 9.17) is 9.15 Å². The number of amides is 1. The highest BCUT2D eigenvalue weighted by molar-refractivity contribution is 9.11. The van der Waals surface area contributed by atoms with Crippen molar-refractivity contribution >= 4 is 60.8 Å². The van der Waals surface area contributed by atoms with Crippen LogP contribution in [0.2, 0.25) is 0 Å². The quantitative estimate of drug-likeness (QED) is 0.314. The Morgan fingerprint density at radius 1 is 1.37 bits per heavy atom. The Bertz CT molecular complexity index is 1050. The molecule has 138 valence electrons. The van der Waals surface area contributed by atoms with Gasteiger partial charge in [0.2, 0.25) is 0 Å². The summed E-state index contributed by atoms with van der Waals surface area (Å²) in [5, 5.41) is 14.9. The van der Waals surface area contributed by atoms with E-state index in [1.165, 1.54) is 12.1 Å². The number of hydrazone groups is 1. The highest BCUT2D eigenvalue weighted by atomic mass is 79.9. The number of furan rings is 1. The van der Waals surface area contributed by atoms with Gasteiger partial charge in [0.1, 0.15) is 10.7 Å². The second-order valence-electron chi connectivity index (χ2n) is 5.08. The highest BCUT2D eigenvalue weighted by Gasteiger charge is 2.13. The molecule has 9 nitrogen and oxygen atoms in total. The van der Waals surface area contributed by atoms with Gasteiger partial charge in [-0.2, -0.15) is 5.10 Å². The van der Waals surface area contributed by atoms with Crippen molar-refractivity contribution in [2.45, 2.75) is 0 Å². The van der Waals surface area contributed by atoms with Crippen molar-refractivity contribution in [2.24, 2.45) is 5.10 Å². The van der Waals surface area contributed by atoms with Crippen molar-refractivity contribution in [3.05, 3.63) is 61.3 Å². The molecule has 0 fully saturated rings. The number of nitrogens with zero attached hydrogens (tertiary/aromatic N) is 3. The molecule has 0 aliphatic carbocycles. The maximum absolute atomic E-state index is 11.9. The minimum atomic E-state index is -0.668. The van der Waals surface area contributed by atoms with E-state index in [9.17, 15) is 14.9 Å². The van der Waals surface area contributed by atoms with Crippen molar-refractivity contribution < 1.29 is 18.9 Å². The van der Waals surface area contributed by atoms with Gasteiger partial charge in [-0.3, -0.25) is 19.9 Å². The zero-order valence-electron chi connectivity index (χ0n) is 13.4. The molecule has 0 radical (unpaired) electrons. The number of rotatable bonds is 6. The first-order valence-electron chi connectivity index (χ1n) is 7.37. The molecule has 3 aromatic rings. The predicted octanol–water partition coefficient (Wildman–Crippen LogP) is 3.79. The lowest BCUT2D eigenvalue weighted by atomic mass is 10.2. The number of carbonyl (C=O) groups excluding carboxylic acids is 1. The number of ether oxygens (including phenoxy) is 1. The summed E-state index contributed by atoms with van der Waals surface area (Å²) in [5.41, 5.74) is 2.96. The standard InChI is InChI=1S/C16H10Br2N4O5/c17-11-6-12(18)16(10-2-1-5-19-15(10)11)26-8-13(23)21-20-7-9-3-4-14(27-9)22(24)25/h1-7H,8H2,(H,21,23)/b20-7+. The molecule has 1 amide bonds. The van der Waals surface area contributed by atoms with E-state index in [0.717, 1.165) is 16.1 Å². The van der Waals surface area contributed by atoms with E-state index < -0.39 is 16.7 Å². The topological polar surface area (TPSA) is 120 Å². The number of pyridine rings is 1. The third kappa shape index (κ3) is 4.49. The maximum atomic E-state index is 11.9. The molecule has 3 rings (SSSR count). The Labute approximate surface area is 168 Å². The van der Waals surface area contributed by atoms with Gasteiger partial charge in [0.15, 0.2) is 12.4 Å². The largest absolute Gasteiger partial charge is 0.482 e. The summed E-state index contributed by atoms with van der Waals surface area (Å²) >= 11 is 6.84. The van der Waals surface area contributed by atoms with Crippen molar-refractivity contribution in [2.75, 3.05) is 6.61 Å². The summed E-state index contributed by atoms with van der Waals surface area (Å²) in [5.74, 6) is -0.316. The first kappa shape index (κ1) is 19.0. The van der Waals surface area contributed by atoms with Crippen LogP contribution in [0.4, 0.5) is 5.88 Å². The van der Waals surface area contributed by atoms with Gasteiger partial charge in [-0.1, -0.05) is 0 Å². The van der Waals surface area contributed by atoms with Crippen LogP contribution in [0, 0.1) is 10.1 Å². The first-order valence-corrected chi connectivity index (χ1v) is 8.96. The molecule has 11 heteroatoms. The molecule has 1 aromatic carbocycles. The molecular weight excluding hydrogens is 488 g/mol. The van der Waals surface area contributed by atoms with Crippen LogP contribution in [0.25, 0.3) is 10.9 Å². The second-order valence-corrected chi connectivity index (χ2v) is 6.79. The van der Waals surface area contributed by atoms with Crippen LogP contribution in [0.3, 0.4) is 0 Å². The average molecular weight is 498 g/mol. The summed E-state index contributed by atoms with van der Waals surface area (Å²) in [6, 6.07) is 7.93. The molecule has 0 atom stereocenters. The van der Waals surface area contributed by atoms with E-state index in [1.807, 2.05) is 6.07 Å². The Morgan fingerprint density at radius 2 is 2.19 bits per heavy atom. The van der Waals surface area contributed by atoms with Crippen molar-refractivity contribution in [3.63, 3.8) is 0 Å². The normalized spacial score (nSPS) is 11.0. The Hall–Kier alpha value is -2.79. The summed E-state index contributed by atoms with van der Waals surface area (Å²) in [6.45, 7) is -0.292. The van der Waals surface area contributed by atoms with Crippen LogP contribution >= 0.6 is 31.9 Å². The van der Waals surface area contributed by atoms with E-state index in [0.29, 0.717) is 15.7 Å². The van der Waals surface area contributed by atoms with Crippen molar-refractivity contribution in [1.29, 1.82) is 0 Å². The summed E-state index contributed by atoms with van der Waals surface area (Å²) in [6.07, 6.45) is 2.81. The Kier molecular flexibility index (Phi) is 5.81. The predicted molar refractivity (Wildman–Crippen MR) is 104 cm³/mol. The maximum Gasteiger partial charge on any atom is 0.433 e. The molecule has 0 aliphatic heterocycles. The second kappa shape index (κ2) is 8.27. The summed E-state index contributed by atoms with van der Waals surface area (Å²) in [7, 11) is 0. The first-order chi connectivity index (χ1) is 13.0. The van der Waals surface area contributed by atoms with E-state index in [2.05, 4.69) is 47.4 Å². The molecular formula is C16H10Br2N4O5. The third-order valence-electron chi connectivity index (χ3n) is 3.27. The van der Waals surface area contributed by atoms with E-state index in [-0.39, 0.29) is 12.4 Å². The number of hydrogen-bond acceptors (Lipinski definition) is 7. The zero-order chi connectivity index (χ0) is 19.4. The number of benzene rings is 1. The number of carbonyl (C=O) groups is 1. The number of aromatic nitrogens is 1. The fraction of sp³-hybridized carbons (Fsp3) is 0.0625. The number of hydrogen-bond donors (Lipinski definition) is 1. The van der Waals surface area contributed by atoms with Gasteiger partial charge in [-0.15, -0.1) is 0 Å². The third-order valence-corrected chi connectivity index (χ3v) is 4.46. The van der Waals surface area contributed by atoms with E-state index >= 15 is 0 Å². The molecule has 0 bridgehead atoms. The van der Waals surface area contributed by atoms with Gasteiger partial charge >= 0.3 is 5.88 Å². The van der Waals surface area contributed by atoms with E-state index in [1.54, 1.807) is 18.3 Å². The minimum Gasteiger partial charge on any atom is -0.482 e. The van der Waals surface area contributed by atoms with Crippen molar-refractivity contribution in [3.8, 4) is 5.75 Å². The molecule has 27 heavy (non-hydrogen) atoms. The minimum absolute atomic E-state index is 0.135. The number of fused-ring (bicyclic) bond motifs is 1. The molecule has 1 N–H and O–H groups in total. The van der Waals surface area contributed by atoms with Crippen LogP contribution in [-0.4, -0.2) is 28.6 Å². The van der Waals surface area contributed by atoms with Crippen LogP contribution < -0.4 is 10.2 Å². The smallest absolute Gasteiger partial charge is 0.433 e. The monoisotopic (exact) mass is 496 g/mol. The van der Waals surface area contributed by atoms with Gasteiger partial charge in [0.25, 0.3) is 5.91 Å². The fourth-order valence-corrected chi connectivity index (χ4v) is 3.56. The van der Waals surface area contributed by atoms with Gasteiger partial charge in [-0.05, 0) is 56.1 Å². The SMILES string of the molecule is O=C(COc1c(Br)cc(Br)c2ncccc12)N/N=C/c1ccc([N+](=O)[O-])o1. The Balaban J connectivity index is 1.63. The van der Waals surface area contributed by atoms with Gasteiger partial charge in [0.05, 0.1) is 22.3 Å². The van der Waals surface area contributed by atoms with Gasteiger partial charge in [-0.25, -0.2) is 5.43 Å². The lowest BCUT2D eigenvalue weighted by Crippen LogP contribution is -2.24. The highest BCUT2D eigenvalue weighted by Crippen LogP contribution is 2.37. The van der Waals surface area contributed by atoms with Gasteiger partial charge in [0, 0.05) is 16.1 Å². The van der Waals surface area contributed by atoms with Crippen LogP contribution in [0.15, 0.2) is 55.0 Å². The zero-order valence-corrected chi connectivity index (χ0v) is 16.6. The number of nitro groups is 1. The summed E-state index contributed by atoms with van der Waals surface area (Å²) in [4.78, 5) is 26.0. The van der Waals surface area contributed by atoms with Crippen LogP contribution in [-0.2, 0) is 4.79 Å². The lowest BCUT2D eigenvalue weighted by Gasteiger charge is -2.11. The van der Waals surface area contributed by atoms with Gasteiger partial charge < -0.3 is 9.15 Å². The molecule has 0 saturated heterocycles. The Morgan fingerprint density at radius 3 is 2.93 bits per heavy atom.